The fraction of sp³-hybridized carbons (Fsp3) is 1.00. The van der Waals surface area contributed by atoms with Crippen molar-refractivity contribution >= 4 is 0 Å². The van der Waals surface area contributed by atoms with Crippen LogP contribution in [0.15, 0.2) is 0 Å². The highest BCUT2D eigenvalue weighted by molar-refractivity contribution is 4.73. The minimum absolute atomic E-state index is 0.801. The van der Waals surface area contributed by atoms with Crippen molar-refractivity contribution < 1.29 is 4.74 Å². The molecule has 3 nitrogen and oxygen atoms in total. The monoisotopic (exact) mass is 254 g/mol. The smallest absolute Gasteiger partial charge is 0.0469 e. The van der Waals surface area contributed by atoms with Crippen molar-refractivity contribution in [2.75, 3.05) is 39.9 Å². The van der Waals surface area contributed by atoms with E-state index in [1.54, 1.807) is 0 Å². The third-order valence-corrected chi connectivity index (χ3v) is 4.44. The topological polar surface area (TPSA) is 24.5 Å². The van der Waals surface area contributed by atoms with Crippen LogP contribution in [-0.2, 0) is 4.74 Å². The second-order valence-electron chi connectivity index (χ2n) is 6.11. The van der Waals surface area contributed by atoms with Crippen molar-refractivity contribution in [2.24, 2.45) is 5.92 Å². The SMILES string of the molecule is CN(CCNC1CCCCC1)CC1CCOCC1. The van der Waals surface area contributed by atoms with Crippen LogP contribution in [0.4, 0.5) is 0 Å². The van der Waals surface area contributed by atoms with Gasteiger partial charge in [0.25, 0.3) is 0 Å². The number of nitrogens with zero attached hydrogens (tertiary/aromatic N) is 1. The minimum Gasteiger partial charge on any atom is -0.381 e. The van der Waals surface area contributed by atoms with E-state index in [1.165, 1.54) is 58.0 Å². The van der Waals surface area contributed by atoms with Crippen LogP contribution < -0.4 is 5.32 Å². The highest BCUT2D eigenvalue weighted by atomic mass is 16.5. The average Bonchev–Trinajstić information content (AvgIpc) is 2.41. The van der Waals surface area contributed by atoms with Gasteiger partial charge >= 0.3 is 0 Å². The Labute approximate surface area is 112 Å². The number of likely N-dealkylation sites (N-methyl/N-ethyl adjacent to an activating group) is 1. The lowest BCUT2D eigenvalue weighted by Gasteiger charge is -2.28. The van der Waals surface area contributed by atoms with Crippen LogP contribution >= 0.6 is 0 Å². The Morgan fingerprint density at radius 1 is 1.06 bits per heavy atom. The molecule has 0 aromatic heterocycles. The maximum Gasteiger partial charge on any atom is 0.0469 e. The lowest BCUT2D eigenvalue weighted by Crippen LogP contribution is -2.38. The molecule has 2 rings (SSSR count). The Morgan fingerprint density at radius 3 is 2.50 bits per heavy atom. The summed E-state index contributed by atoms with van der Waals surface area (Å²) in [5, 5.41) is 3.72. The van der Waals surface area contributed by atoms with Crippen LogP contribution in [0.1, 0.15) is 44.9 Å². The molecule has 106 valence electrons. The molecule has 0 radical (unpaired) electrons. The molecule has 1 heterocycles. The standard InChI is InChI=1S/C15H30N2O/c1-17(13-14-7-11-18-12-8-14)10-9-16-15-5-3-2-4-6-15/h14-16H,2-13H2,1H3. The molecule has 1 aliphatic carbocycles. The highest BCUT2D eigenvalue weighted by Crippen LogP contribution is 2.17. The fourth-order valence-electron chi connectivity index (χ4n) is 3.23. The largest absolute Gasteiger partial charge is 0.381 e. The molecular formula is C15H30N2O. The molecule has 0 atom stereocenters. The van der Waals surface area contributed by atoms with Gasteiger partial charge in [0.05, 0.1) is 0 Å². The van der Waals surface area contributed by atoms with Crippen LogP contribution in [0.3, 0.4) is 0 Å². The molecule has 0 spiro atoms. The van der Waals surface area contributed by atoms with Gasteiger partial charge in [0, 0.05) is 38.9 Å². The summed E-state index contributed by atoms with van der Waals surface area (Å²) in [4.78, 5) is 2.49. The van der Waals surface area contributed by atoms with Gasteiger partial charge < -0.3 is 15.0 Å². The Kier molecular flexibility index (Phi) is 6.46. The molecule has 3 heteroatoms. The van der Waals surface area contributed by atoms with E-state index in [0.717, 1.165) is 31.7 Å². The van der Waals surface area contributed by atoms with Gasteiger partial charge in [0.15, 0.2) is 0 Å². The first-order valence-corrected chi connectivity index (χ1v) is 7.84. The van der Waals surface area contributed by atoms with E-state index >= 15 is 0 Å². The van der Waals surface area contributed by atoms with Gasteiger partial charge in [-0.25, -0.2) is 0 Å². The summed E-state index contributed by atoms with van der Waals surface area (Å²) in [5.74, 6) is 0.860. The lowest BCUT2D eigenvalue weighted by molar-refractivity contribution is 0.0557. The quantitative estimate of drug-likeness (QED) is 0.787. The van der Waals surface area contributed by atoms with Crippen molar-refractivity contribution in [3.63, 3.8) is 0 Å². The predicted octanol–water partition coefficient (Wildman–Crippen LogP) is 2.27. The second kappa shape index (κ2) is 8.13. The Balaban J connectivity index is 1.52. The molecule has 0 aromatic rings. The summed E-state index contributed by atoms with van der Waals surface area (Å²) in [5.41, 5.74) is 0. The molecule has 0 aromatic carbocycles. The zero-order chi connectivity index (χ0) is 12.6. The first kappa shape index (κ1) is 14.3. The normalized spacial score (nSPS) is 23.7. The molecule has 18 heavy (non-hydrogen) atoms. The van der Waals surface area contributed by atoms with Gasteiger partial charge in [0.1, 0.15) is 0 Å². The molecule has 1 aliphatic heterocycles. The van der Waals surface area contributed by atoms with Crippen LogP contribution in [0.5, 0.6) is 0 Å². The van der Waals surface area contributed by atoms with Crippen LogP contribution in [-0.4, -0.2) is 50.8 Å². The van der Waals surface area contributed by atoms with Crippen molar-refractivity contribution in [1.29, 1.82) is 0 Å². The third-order valence-electron chi connectivity index (χ3n) is 4.44. The summed E-state index contributed by atoms with van der Waals surface area (Å²) in [6, 6.07) is 0.801. The number of hydrogen-bond acceptors (Lipinski definition) is 3. The van der Waals surface area contributed by atoms with E-state index in [4.69, 9.17) is 4.74 Å². The van der Waals surface area contributed by atoms with Gasteiger partial charge in [-0.2, -0.15) is 0 Å². The molecular weight excluding hydrogens is 224 g/mol. The van der Waals surface area contributed by atoms with Crippen LogP contribution in [0.2, 0.25) is 0 Å². The first-order valence-electron chi connectivity index (χ1n) is 7.84. The molecule has 2 aliphatic rings. The van der Waals surface area contributed by atoms with Crippen LogP contribution in [0, 0.1) is 5.92 Å². The maximum atomic E-state index is 5.41. The summed E-state index contributed by atoms with van der Waals surface area (Å²) < 4.78 is 5.41. The molecule has 0 amide bonds. The molecule has 0 bridgehead atoms. The Hall–Kier alpha value is -0.120. The average molecular weight is 254 g/mol. The van der Waals surface area contributed by atoms with Crippen molar-refractivity contribution in [3.8, 4) is 0 Å². The third kappa shape index (κ3) is 5.25. The summed E-state index contributed by atoms with van der Waals surface area (Å²) in [7, 11) is 2.26. The zero-order valence-electron chi connectivity index (χ0n) is 12.0. The predicted molar refractivity (Wildman–Crippen MR) is 75.9 cm³/mol. The molecule has 1 N–H and O–H groups in total. The Morgan fingerprint density at radius 2 is 1.78 bits per heavy atom. The number of hydrogen-bond donors (Lipinski definition) is 1. The molecule has 0 unspecified atom stereocenters. The zero-order valence-corrected chi connectivity index (χ0v) is 12.0. The van der Waals surface area contributed by atoms with Gasteiger partial charge in [0.2, 0.25) is 0 Å². The van der Waals surface area contributed by atoms with Crippen LogP contribution in [0.25, 0.3) is 0 Å². The summed E-state index contributed by atoms with van der Waals surface area (Å²) in [6.07, 6.45) is 9.58. The fourth-order valence-corrected chi connectivity index (χ4v) is 3.23. The number of ether oxygens (including phenoxy) is 1. The molecule has 2 fully saturated rings. The van der Waals surface area contributed by atoms with E-state index in [2.05, 4.69) is 17.3 Å². The van der Waals surface area contributed by atoms with E-state index in [0.29, 0.717) is 0 Å². The van der Waals surface area contributed by atoms with Gasteiger partial charge in [-0.1, -0.05) is 19.3 Å². The van der Waals surface area contributed by atoms with Crippen molar-refractivity contribution in [3.05, 3.63) is 0 Å². The Bertz CT molecular complexity index is 211. The van der Waals surface area contributed by atoms with E-state index in [1.807, 2.05) is 0 Å². The van der Waals surface area contributed by atoms with Gasteiger partial charge in [-0.05, 0) is 38.6 Å². The van der Waals surface area contributed by atoms with Crippen molar-refractivity contribution in [2.45, 2.75) is 51.0 Å². The number of rotatable bonds is 6. The van der Waals surface area contributed by atoms with E-state index in [9.17, 15) is 0 Å². The first-order chi connectivity index (χ1) is 8.84. The van der Waals surface area contributed by atoms with Gasteiger partial charge in [-0.15, -0.1) is 0 Å². The molecule has 1 saturated carbocycles. The van der Waals surface area contributed by atoms with E-state index in [-0.39, 0.29) is 0 Å². The van der Waals surface area contributed by atoms with E-state index < -0.39 is 0 Å². The second-order valence-corrected chi connectivity index (χ2v) is 6.11. The summed E-state index contributed by atoms with van der Waals surface area (Å²) in [6.45, 7) is 5.53. The summed E-state index contributed by atoms with van der Waals surface area (Å²) >= 11 is 0. The molecule has 1 saturated heterocycles. The van der Waals surface area contributed by atoms with Crippen molar-refractivity contribution in [1.82, 2.24) is 10.2 Å². The lowest BCUT2D eigenvalue weighted by atomic mass is 9.95. The minimum atomic E-state index is 0.801. The van der Waals surface area contributed by atoms with Gasteiger partial charge in [-0.3, -0.25) is 0 Å². The number of nitrogens with one attached hydrogen (secondary N) is 1. The maximum absolute atomic E-state index is 5.41. The highest BCUT2D eigenvalue weighted by Gasteiger charge is 2.16.